The Morgan fingerprint density at radius 3 is 2.60 bits per heavy atom. The third-order valence-corrected chi connectivity index (χ3v) is 2.42. The average Bonchev–Trinajstić information content (AvgIpc) is 2.18. The van der Waals surface area contributed by atoms with Gasteiger partial charge in [0, 0.05) is 11.4 Å². The highest BCUT2D eigenvalue weighted by Gasteiger charge is 2.00. The summed E-state index contributed by atoms with van der Waals surface area (Å²) >= 11 is 1.27. The molecular formula is C12H15NOS. The van der Waals surface area contributed by atoms with Crippen LogP contribution in [-0.2, 0) is 0 Å². The first-order valence-electron chi connectivity index (χ1n) is 4.80. The minimum absolute atomic E-state index is 0.0151. The Bertz CT molecular complexity index is 342. The minimum atomic E-state index is -0.0151. The van der Waals surface area contributed by atoms with Gasteiger partial charge in [0.15, 0.2) is 0 Å². The van der Waals surface area contributed by atoms with Gasteiger partial charge in [-0.1, -0.05) is 41.6 Å². The molecule has 0 bridgehead atoms. The molecule has 1 N–H and O–H groups in total. The maximum absolute atomic E-state index is 11.4. The van der Waals surface area contributed by atoms with Crippen molar-refractivity contribution in [1.29, 1.82) is 0 Å². The number of carbonyl (C=O) groups excluding carboxylic acids is 1. The van der Waals surface area contributed by atoms with Gasteiger partial charge in [0.25, 0.3) is 5.24 Å². The molecule has 1 aromatic rings. The van der Waals surface area contributed by atoms with Gasteiger partial charge < -0.3 is 5.32 Å². The molecule has 80 valence electrons. The summed E-state index contributed by atoms with van der Waals surface area (Å²) in [6.07, 6.45) is 2.04. The number of benzene rings is 1. The van der Waals surface area contributed by atoms with Crippen LogP contribution in [0.25, 0.3) is 0 Å². The van der Waals surface area contributed by atoms with Crippen LogP contribution in [0.2, 0.25) is 0 Å². The number of hydrogen-bond acceptors (Lipinski definition) is 2. The molecule has 0 radical (unpaired) electrons. The number of carbonyl (C=O) groups is 1. The van der Waals surface area contributed by atoms with Crippen LogP contribution in [0.15, 0.2) is 42.0 Å². The predicted molar refractivity (Wildman–Crippen MR) is 67.3 cm³/mol. The number of thioether (sulfide) groups is 1. The summed E-state index contributed by atoms with van der Waals surface area (Å²) in [6.45, 7) is 4.05. The van der Waals surface area contributed by atoms with Crippen molar-refractivity contribution in [3.05, 3.63) is 42.0 Å². The van der Waals surface area contributed by atoms with Crippen LogP contribution in [0.3, 0.4) is 0 Å². The van der Waals surface area contributed by atoms with Crippen molar-refractivity contribution >= 4 is 22.7 Å². The van der Waals surface area contributed by atoms with E-state index < -0.39 is 0 Å². The fraction of sp³-hybridized carbons (Fsp3) is 0.250. The summed E-state index contributed by atoms with van der Waals surface area (Å²) in [6, 6.07) is 9.47. The zero-order valence-corrected chi connectivity index (χ0v) is 9.80. The van der Waals surface area contributed by atoms with Crippen molar-refractivity contribution in [2.24, 2.45) is 0 Å². The highest BCUT2D eigenvalue weighted by molar-refractivity contribution is 8.14. The van der Waals surface area contributed by atoms with Gasteiger partial charge in [0.05, 0.1) is 0 Å². The largest absolute Gasteiger partial charge is 0.317 e. The van der Waals surface area contributed by atoms with Crippen LogP contribution in [0, 0.1) is 0 Å². The number of amides is 1. The van der Waals surface area contributed by atoms with E-state index in [9.17, 15) is 4.79 Å². The van der Waals surface area contributed by atoms with Crippen molar-refractivity contribution in [3.8, 4) is 0 Å². The molecule has 0 aliphatic rings. The zero-order valence-electron chi connectivity index (χ0n) is 8.99. The van der Waals surface area contributed by atoms with E-state index in [0.29, 0.717) is 0 Å². The topological polar surface area (TPSA) is 29.1 Å². The van der Waals surface area contributed by atoms with Gasteiger partial charge >= 0.3 is 0 Å². The molecule has 0 spiro atoms. The lowest BCUT2D eigenvalue weighted by Gasteiger charge is -2.02. The summed E-state index contributed by atoms with van der Waals surface area (Å²) in [5.74, 6) is 0.723. The molecule has 0 saturated carbocycles. The van der Waals surface area contributed by atoms with Gasteiger partial charge in [0.1, 0.15) is 0 Å². The number of allylic oxidation sites excluding steroid dienone is 1. The summed E-state index contributed by atoms with van der Waals surface area (Å²) in [7, 11) is 0. The monoisotopic (exact) mass is 221 g/mol. The molecule has 0 unspecified atom stereocenters. The smallest absolute Gasteiger partial charge is 0.283 e. The highest BCUT2D eigenvalue weighted by Crippen LogP contribution is 2.11. The Kier molecular flexibility index (Phi) is 4.98. The van der Waals surface area contributed by atoms with Crippen molar-refractivity contribution in [1.82, 2.24) is 0 Å². The Morgan fingerprint density at radius 1 is 1.33 bits per heavy atom. The molecule has 0 aromatic heterocycles. The fourth-order valence-electron chi connectivity index (χ4n) is 0.959. The Balaban J connectivity index is 2.34. The van der Waals surface area contributed by atoms with E-state index in [1.165, 1.54) is 17.3 Å². The molecule has 0 atom stereocenters. The van der Waals surface area contributed by atoms with Crippen molar-refractivity contribution in [2.75, 3.05) is 11.1 Å². The Hall–Kier alpha value is -1.22. The van der Waals surface area contributed by atoms with Crippen molar-refractivity contribution < 1.29 is 4.79 Å². The number of hydrogen-bond donors (Lipinski definition) is 1. The van der Waals surface area contributed by atoms with E-state index in [1.807, 2.05) is 50.3 Å². The van der Waals surface area contributed by atoms with Crippen LogP contribution in [0.1, 0.15) is 13.8 Å². The maximum Gasteiger partial charge on any atom is 0.283 e. The van der Waals surface area contributed by atoms with E-state index in [0.717, 1.165) is 11.4 Å². The number of anilines is 1. The molecule has 3 heteroatoms. The lowest BCUT2D eigenvalue weighted by atomic mass is 10.3. The molecule has 2 nitrogen and oxygen atoms in total. The maximum atomic E-state index is 11.4. The van der Waals surface area contributed by atoms with Gasteiger partial charge in [-0.2, -0.15) is 0 Å². The van der Waals surface area contributed by atoms with Gasteiger partial charge in [-0.05, 0) is 26.0 Å². The van der Waals surface area contributed by atoms with E-state index in [4.69, 9.17) is 0 Å². The van der Waals surface area contributed by atoms with Crippen LogP contribution in [0.5, 0.6) is 0 Å². The van der Waals surface area contributed by atoms with Crippen LogP contribution < -0.4 is 5.32 Å². The predicted octanol–water partition coefficient (Wildman–Crippen LogP) is 3.92. The second kappa shape index (κ2) is 6.30. The molecule has 0 saturated heterocycles. The third-order valence-electron chi connectivity index (χ3n) is 1.73. The zero-order chi connectivity index (χ0) is 11.1. The first-order valence-corrected chi connectivity index (χ1v) is 5.79. The minimum Gasteiger partial charge on any atom is -0.317 e. The fourth-order valence-corrected chi connectivity index (χ4v) is 1.72. The second-order valence-corrected chi connectivity index (χ2v) is 4.36. The molecule has 1 amide bonds. The van der Waals surface area contributed by atoms with E-state index in [1.54, 1.807) is 0 Å². The summed E-state index contributed by atoms with van der Waals surface area (Å²) in [5, 5.41) is 2.80. The van der Waals surface area contributed by atoms with E-state index in [-0.39, 0.29) is 5.24 Å². The first kappa shape index (κ1) is 11.9. The Morgan fingerprint density at radius 2 is 2.00 bits per heavy atom. The summed E-state index contributed by atoms with van der Waals surface area (Å²) in [5.41, 5.74) is 2.07. The summed E-state index contributed by atoms with van der Waals surface area (Å²) in [4.78, 5) is 11.4. The molecule has 0 aliphatic heterocycles. The van der Waals surface area contributed by atoms with E-state index >= 15 is 0 Å². The molecule has 0 fully saturated rings. The Labute approximate surface area is 94.8 Å². The van der Waals surface area contributed by atoms with Gasteiger partial charge in [0.2, 0.25) is 0 Å². The SMILES string of the molecule is CC(C)=CCSC(=O)Nc1ccccc1. The second-order valence-electron chi connectivity index (χ2n) is 3.37. The lowest BCUT2D eigenvalue weighted by Crippen LogP contribution is -2.04. The summed E-state index contributed by atoms with van der Waals surface area (Å²) < 4.78 is 0. The first-order chi connectivity index (χ1) is 7.18. The third kappa shape index (κ3) is 5.27. The number of rotatable bonds is 3. The number of para-hydroxylation sites is 1. The lowest BCUT2D eigenvalue weighted by molar-refractivity contribution is 0.270. The highest BCUT2D eigenvalue weighted by atomic mass is 32.2. The van der Waals surface area contributed by atoms with Crippen molar-refractivity contribution in [2.45, 2.75) is 13.8 Å². The van der Waals surface area contributed by atoms with Gasteiger partial charge in [-0.3, -0.25) is 4.79 Å². The van der Waals surface area contributed by atoms with Crippen LogP contribution >= 0.6 is 11.8 Å². The molecule has 1 aromatic carbocycles. The molecule has 0 heterocycles. The standard InChI is InChI=1S/C12H15NOS/c1-10(2)8-9-15-12(14)13-11-6-4-3-5-7-11/h3-8H,9H2,1-2H3,(H,13,14). The molecule has 15 heavy (non-hydrogen) atoms. The quantitative estimate of drug-likeness (QED) is 0.784. The van der Waals surface area contributed by atoms with Gasteiger partial charge in [-0.15, -0.1) is 0 Å². The molecular weight excluding hydrogens is 206 g/mol. The van der Waals surface area contributed by atoms with E-state index in [2.05, 4.69) is 5.32 Å². The number of nitrogens with one attached hydrogen (secondary N) is 1. The normalized spacial score (nSPS) is 9.47. The average molecular weight is 221 g/mol. The molecule has 1 rings (SSSR count). The molecule has 0 aliphatic carbocycles. The van der Waals surface area contributed by atoms with Crippen LogP contribution in [-0.4, -0.2) is 11.0 Å². The van der Waals surface area contributed by atoms with Crippen LogP contribution in [0.4, 0.5) is 10.5 Å². The van der Waals surface area contributed by atoms with Gasteiger partial charge in [-0.25, -0.2) is 0 Å². The van der Waals surface area contributed by atoms with Crippen molar-refractivity contribution in [3.63, 3.8) is 0 Å².